The highest BCUT2D eigenvalue weighted by Gasteiger charge is 2.13. The lowest BCUT2D eigenvalue weighted by Gasteiger charge is -2.09. The topological polar surface area (TPSA) is 62.1 Å². The Labute approximate surface area is 160 Å². The lowest BCUT2D eigenvalue weighted by Crippen LogP contribution is -2.13. The molecule has 128 valence electrons. The first kappa shape index (κ1) is 19.2. The number of thioether (sulfide) groups is 1. The molecule has 4 nitrogen and oxygen atoms in total. The van der Waals surface area contributed by atoms with Crippen LogP contribution in [0.4, 0.5) is 5.69 Å². The zero-order valence-electron chi connectivity index (χ0n) is 13.5. The second kappa shape index (κ2) is 8.82. The number of carbonyl (C=O) groups excluding carboxylic acids is 1. The average Bonchev–Trinajstić information content (AvgIpc) is 2.63. The van der Waals surface area contributed by atoms with Gasteiger partial charge in [0.15, 0.2) is 0 Å². The Morgan fingerprint density at radius 2 is 2.08 bits per heavy atom. The molecule has 0 saturated carbocycles. The molecule has 0 aliphatic heterocycles. The van der Waals surface area contributed by atoms with Gasteiger partial charge in [-0.15, -0.1) is 11.8 Å². The lowest BCUT2D eigenvalue weighted by atomic mass is 10.1. The Hall–Kier alpha value is -2.13. The zero-order chi connectivity index (χ0) is 18.4. The van der Waals surface area contributed by atoms with E-state index in [1.54, 1.807) is 43.1 Å². The molecular weight excluding hydrogens is 379 g/mol. The van der Waals surface area contributed by atoms with Gasteiger partial charge in [-0.2, -0.15) is 5.26 Å². The number of rotatable bonds is 5. The summed E-state index contributed by atoms with van der Waals surface area (Å²) in [5.41, 5.74) is 0.962. The van der Waals surface area contributed by atoms with Gasteiger partial charge in [-0.3, -0.25) is 4.79 Å². The van der Waals surface area contributed by atoms with Crippen molar-refractivity contribution in [1.29, 1.82) is 5.26 Å². The largest absolute Gasteiger partial charge is 0.496 e. The number of nitriles is 1. The van der Waals surface area contributed by atoms with E-state index in [1.807, 2.05) is 24.5 Å². The smallest absolute Gasteiger partial charge is 0.266 e. The molecule has 0 fully saturated rings. The van der Waals surface area contributed by atoms with Crippen LogP contribution in [-0.4, -0.2) is 19.3 Å². The predicted octanol–water partition coefficient (Wildman–Crippen LogP) is 5.27. The number of benzene rings is 2. The number of hydrogen-bond acceptors (Lipinski definition) is 4. The highest BCUT2D eigenvalue weighted by atomic mass is 35.5. The van der Waals surface area contributed by atoms with Crippen LogP contribution < -0.4 is 10.1 Å². The predicted molar refractivity (Wildman–Crippen MR) is 103 cm³/mol. The molecule has 0 unspecified atom stereocenters. The molecule has 0 spiro atoms. The monoisotopic (exact) mass is 392 g/mol. The van der Waals surface area contributed by atoms with Crippen LogP contribution in [0.5, 0.6) is 5.75 Å². The number of carbonyl (C=O) groups is 1. The molecular formula is C18H14Cl2N2O2S. The van der Waals surface area contributed by atoms with Crippen molar-refractivity contribution in [2.45, 2.75) is 4.90 Å². The molecule has 7 heteroatoms. The summed E-state index contributed by atoms with van der Waals surface area (Å²) >= 11 is 13.5. The summed E-state index contributed by atoms with van der Waals surface area (Å²) in [6, 6.07) is 12.2. The van der Waals surface area contributed by atoms with Crippen molar-refractivity contribution >= 4 is 52.6 Å². The highest BCUT2D eigenvalue weighted by Crippen LogP contribution is 2.31. The van der Waals surface area contributed by atoms with E-state index in [1.165, 1.54) is 6.08 Å². The van der Waals surface area contributed by atoms with Crippen molar-refractivity contribution in [3.63, 3.8) is 0 Å². The summed E-state index contributed by atoms with van der Waals surface area (Å²) in [5, 5.41) is 12.4. The molecule has 0 bridgehead atoms. The maximum absolute atomic E-state index is 12.4. The van der Waals surface area contributed by atoms with Gasteiger partial charge in [0.25, 0.3) is 5.91 Å². The SMILES string of the molecule is COc1cc(/C=C(/C#N)C(=O)Nc2cccc(Cl)c2Cl)ccc1SC. The second-order valence-corrected chi connectivity index (χ2v) is 6.47. The normalized spacial score (nSPS) is 10.9. The van der Waals surface area contributed by atoms with Crippen LogP contribution in [0.2, 0.25) is 10.0 Å². The number of anilines is 1. The van der Waals surface area contributed by atoms with E-state index >= 15 is 0 Å². The van der Waals surface area contributed by atoms with Gasteiger partial charge in [-0.25, -0.2) is 0 Å². The van der Waals surface area contributed by atoms with Crippen molar-refractivity contribution in [3.05, 3.63) is 57.6 Å². The van der Waals surface area contributed by atoms with E-state index < -0.39 is 5.91 Å². The molecule has 1 amide bonds. The van der Waals surface area contributed by atoms with Crippen LogP contribution in [0.15, 0.2) is 46.9 Å². The van der Waals surface area contributed by atoms with Crippen molar-refractivity contribution in [1.82, 2.24) is 0 Å². The van der Waals surface area contributed by atoms with Gasteiger partial charge in [-0.1, -0.05) is 35.3 Å². The first-order valence-electron chi connectivity index (χ1n) is 7.09. The van der Waals surface area contributed by atoms with E-state index in [9.17, 15) is 10.1 Å². The molecule has 25 heavy (non-hydrogen) atoms. The van der Waals surface area contributed by atoms with E-state index in [-0.39, 0.29) is 10.6 Å². The van der Waals surface area contributed by atoms with Gasteiger partial charge in [-0.05, 0) is 42.2 Å². The van der Waals surface area contributed by atoms with Gasteiger partial charge < -0.3 is 10.1 Å². The summed E-state index contributed by atoms with van der Waals surface area (Å²) in [6.07, 6.45) is 3.43. The quantitative estimate of drug-likeness (QED) is 0.427. The van der Waals surface area contributed by atoms with E-state index in [2.05, 4.69) is 5.32 Å². The van der Waals surface area contributed by atoms with Crippen molar-refractivity contribution < 1.29 is 9.53 Å². The van der Waals surface area contributed by atoms with Crippen molar-refractivity contribution in [2.75, 3.05) is 18.7 Å². The van der Waals surface area contributed by atoms with Crippen molar-refractivity contribution in [3.8, 4) is 11.8 Å². The Bertz CT molecular complexity index is 876. The maximum atomic E-state index is 12.4. The third-order valence-corrected chi connectivity index (χ3v) is 4.88. The van der Waals surface area contributed by atoms with E-state index in [0.717, 1.165) is 4.90 Å². The van der Waals surface area contributed by atoms with Gasteiger partial charge in [0.1, 0.15) is 17.4 Å². The Morgan fingerprint density at radius 3 is 2.72 bits per heavy atom. The molecule has 0 saturated heterocycles. The van der Waals surface area contributed by atoms with Gasteiger partial charge in [0.05, 0.1) is 22.8 Å². The summed E-state index contributed by atoms with van der Waals surface area (Å²) in [7, 11) is 1.57. The lowest BCUT2D eigenvalue weighted by molar-refractivity contribution is -0.112. The first-order valence-corrected chi connectivity index (χ1v) is 9.07. The minimum absolute atomic E-state index is 0.0602. The number of nitrogens with zero attached hydrogens (tertiary/aromatic N) is 1. The van der Waals surface area contributed by atoms with Crippen LogP contribution in [0.3, 0.4) is 0 Å². The number of halogens is 2. The highest BCUT2D eigenvalue weighted by molar-refractivity contribution is 7.98. The average molecular weight is 393 g/mol. The van der Waals surface area contributed by atoms with Gasteiger partial charge >= 0.3 is 0 Å². The summed E-state index contributed by atoms with van der Waals surface area (Å²) in [5.74, 6) is 0.108. The molecule has 0 heterocycles. The summed E-state index contributed by atoms with van der Waals surface area (Å²) in [6.45, 7) is 0. The molecule has 2 rings (SSSR count). The molecule has 1 N–H and O–H groups in total. The molecule has 0 aromatic heterocycles. The van der Waals surface area contributed by atoms with Crippen LogP contribution >= 0.6 is 35.0 Å². The van der Waals surface area contributed by atoms with Gasteiger partial charge in [0, 0.05) is 4.90 Å². The molecule has 0 atom stereocenters. The van der Waals surface area contributed by atoms with E-state index in [4.69, 9.17) is 27.9 Å². The molecule has 2 aromatic carbocycles. The molecule has 2 aromatic rings. The maximum Gasteiger partial charge on any atom is 0.266 e. The summed E-state index contributed by atoms with van der Waals surface area (Å²) in [4.78, 5) is 13.3. The number of hydrogen-bond donors (Lipinski definition) is 1. The van der Waals surface area contributed by atoms with Crippen LogP contribution in [0, 0.1) is 11.3 Å². The standard InChI is InChI=1S/C18H14Cl2N2O2S/c1-24-15-9-11(6-7-16(15)25-2)8-12(10-21)18(23)22-14-5-3-4-13(19)17(14)20/h3-9H,1-2H3,(H,22,23)/b12-8-. The number of amides is 1. The van der Waals surface area contributed by atoms with Crippen LogP contribution in [0.25, 0.3) is 6.08 Å². The fourth-order valence-corrected chi connectivity index (χ4v) is 2.94. The first-order chi connectivity index (χ1) is 12.0. The minimum Gasteiger partial charge on any atom is -0.496 e. The zero-order valence-corrected chi connectivity index (χ0v) is 15.8. The second-order valence-electron chi connectivity index (χ2n) is 4.84. The number of ether oxygens (including phenoxy) is 1. The third-order valence-electron chi connectivity index (χ3n) is 3.28. The Morgan fingerprint density at radius 1 is 1.32 bits per heavy atom. The third kappa shape index (κ3) is 4.70. The van der Waals surface area contributed by atoms with E-state index in [0.29, 0.717) is 22.0 Å². The molecule has 0 aliphatic carbocycles. The molecule has 0 radical (unpaired) electrons. The fourth-order valence-electron chi connectivity index (χ4n) is 2.05. The number of nitrogens with one attached hydrogen (secondary N) is 1. The van der Waals surface area contributed by atoms with Gasteiger partial charge in [0.2, 0.25) is 0 Å². The number of methoxy groups -OCH3 is 1. The Kier molecular flexibility index (Phi) is 6.77. The van der Waals surface area contributed by atoms with Crippen LogP contribution in [-0.2, 0) is 4.79 Å². The minimum atomic E-state index is -0.570. The fraction of sp³-hybridized carbons (Fsp3) is 0.111. The van der Waals surface area contributed by atoms with Crippen molar-refractivity contribution in [2.24, 2.45) is 0 Å². The molecule has 0 aliphatic rings. The summed E-state index contributed by atoms with van der Waals surface area (Å²) < 4.78 is 5.31. The Balaban J connectivity index is 2.29. The van der Waals surface area contributed by atoms with Crippen LogP contribution in [0.1, 0.15) is 5.56 Å².